The molecule has 0 rings (SSSR count). The van der Waals surface area contributed by atoms with Crippen LogP contribution in [0.25, 0.3) is 0 Å². The van der Waals surface area contributed by atoms with Crippen molar-refractivity contribution in [3.63, 3.8) is 0 Å². The zero-order valence-corrected chi connectivity index (χ0v) is 9.74. The molecule has 0 aliphatic heterocycles. The lowest BCUT2D eigenvalue weighted by Gasteiger charge is -2.14. The first kappa shape index (κ1) is 11.2. The summed E-state index contributed by atoms with van der Waals surface area (Å²) in [4.78, 5) is 0. The monoisotopic (exact) mass is 172 g/mol. The van der Waals surface area contributed by atoms with Crippen molar-refractivity contribution >= 4 is 8.07 Å². The topological polar surface area (TPSA) is 0 Å². The molecule has 0 fully saturated rings. The van der Waals surface area contributed by atoms with E-state index in [2.05, 4.69) is 26.6 Å². The fourth-order valence-corrected chi connectivity index (χ4v) is 2.57. The number of hydrogen-bond donors (Lipinski definition) is 0. The molecule has 0 amide bonds. The third-order valence-electron chi connectivity index (χ3n) is 2.03. The Labute approximate surface area is 73.4 Å². The van der Waals surface area contributed by atoms with Gasteiger partial charge in [0.1, 0.15) is 0 Å². The molecule has 68 valence electrons. The van der Waals surface area contributed by atoms with Gasteiger partial charge in [0.25, 0.3) is 0 Å². The van der Waals surface area contributed by atoms with Gasteiger partial charge in [0, 0.05) is 8.07 Å². The van der Waals surface area contributed by atoms with Crippen LogP contribution in [-0.2, 0) is 0 Å². The number of hydrogen-bond acceptors (Lipinski definition) is 0. The summed E-state index contributed by atoms with van der Waals surface area (Å²) in [6.45, 7) is 9.67. The van der Waals surface area contributed by atoms with Crippen LogP contribution in [0, 0.1) is 0 Å². The summed E-state index contributed by atoms with van der Waals surface area (Å²) in [5.41, 5.74) is 0. The second-order valence-electron chi connectivity index (χ2n) is 4.72. The second kappa shape index (κ2) is 5.82. The van der Waals surface area contributed by atoms with Crippen LogP contribution in [0.2, 0.25) is 25.7 Å². The maximum atomic E-state index is 2.47. The van der Waals surface area contributed by atoms with Gasteiger partial charge in [0.15, 0.2) is 0 Å². The summed E-state index contributed by atoms with van der Waals surface area (Å²) in [6, 6.07) is 1.52. The lowest BCUT2D eigenvalue weighted by atomic mass is 10.2. The van der Waals surface area contributed by atoms with E-state index in [-0.39, 0.29) is 0 Å². The Bertz CT molecular complexity index is 81.4. The van der Waals surface area contributed by atoms with E-state index in [1.165, 1.54) is 38.1 Å². The highest BCUT2D eigenvalue weighted by atomic mass is 28.3. The third kappa shape index (κ3) is 10.2. The molecule has 0 atom stereocenters. The van der Waals surface area contributed by atoms with Crippen LogP contribution in [0.1, 0.15) is 39.0 Å². The summed E-state index contributed by atoms with van der Waals surface area (Å²) >= 11 is 0. The highest BCUT2D eigenvalue weighted by Crippen LogP contribution is 2.14. The highest BCUT2D eigenvalue weighted by molar-refractivity contribution is 6.76. The standard InChI is InChI=1S/C10H24Si/c1-5-6-7-8-9-10-11(2,3)4/h5-10H2,1-4H3. The first-order valence-electron chi connectivity index (χ1n) is 5.06. The molecule has 0 aromatic rings. The molecule has 1 heteroatoms. The predicted octanol–water partition coefficient (Wildman–Crippen LogP) is 4.30. The molecular weight excluding hydrogens is 148 g/mol. The summed E-state index contributed by atoms with van der Waals surface area (Å²) in [7, 11) is -0.717. The third-order valence-corrected chi connectivity index (χ3v) is 3.88. The van der Waals surface area contributed by atoms with Crippen molar-refractivity contribution in [1.82, 2.24) is 0 Å². The first-order valence-corrected chi connectivity index (χ1v) is 8.77. The summed E-state index contributed by atoms with van der Waals surface area (Å²) < 4.78 is 0. The summed E-state index contributed by atoms with van der Waals surface area (Å²) in [5, 5.41) is 0. The lowest BCUT2D eigenvalue weighted by molar-refractivity contribution is 0.653. The van der Waals surface area contributed by atoms with E-state index in [9.17, 15) is 0 Å². The summed E-state index contributed by atoms with van der Waals surface area (Å²) in [6.07, 6.45) is 7.22. The van der Waals surface area contributed by atoms with Gasteiger partial charge in [-0.15, -0.1) is 0 Å². The molecule has 0 bridgehead atoms. The van der Waals surface area contributed by atoms with Crippen molar-refractivity contribution in [3.05, 3.63) is 0 Å². The molecular formula is C10H24Si. The van der Waals surface area contributed by atoms with E-state index in [0.717, 1.165) is 0 Å². The highest BCUT2D eigenvalue weighted by Gasteiger charge is 2.10. The van der Waals surface area contributed by atoms with Crippen LogP contribution in [0.15, 0.2) is 0 Å². The Hall–Kier alpha value is 0.217. The second-order valence-corrected chi connectivity index (χ2v) is 10.3. The van der Waals surface area contributed by atoms with Gasteiger partial charge in [0.05, 0.1) is 0 Å². The average Bonchev–Trinajstić information content (AvgIpc) is 1.85. The zero-order chi connectivity index (χ0) is 8.74. The van der Waals surface area contributed by atoms with Crippen LogP contribution < -0.4 is 0 Å². The predicted molar refractivity (Wildman–Crippen MR) is 56.9 cm³/mol. The van der Waals surface area contributed by atoms with Crippen LogP contribution in [0.3, 0.4) is 0 Å². The smallest absolute Gasteiger partial charge is 0.0442 e. The molecule has 0 heterocycles. The van der Waals surface area contributed by atoms with Crippen molar-refractivity contribution in [1.29, 1.82) is 0 Å². The molecule has 0 unspecified atom stereocenters. The van der Waals surface area contributed by atoms with Gasteiger partial charge in [-0.2, -0.15) is 0 Å². The Balaban J connectivity index is 3.02. The molecule has 0 spiro atoms. The fraction of sp³-hybridized carbons (Fsp3) is 1.00. The Morgan fingerprint density at radius 1 is 0.818 bits per heavy atom. The first-order chi connectivity index (χ1) is 5.06. The van der Waals surface area contributed by atoms with Crippen molar-refractivity contribution in [3.8, 4) is 0 Å². The minimum atomic E-state index is -0.717. The number of rotatable bonds is 6. The minimum Gasteiger partial charge on any atom is -0.0695 e. The minimum absolute atomic E-state index is 0.717. The van der Waals surface area contributed by atoms with E-state index in [1.807, 2.05) is 0 Å². The van der Waals surface area contributed by atoms with Crippen molar-refractivity contribution < 1.29 is 0 Å². The van der Waals surface area contributed by atoms with Crippen LogP contribution in [0.4, 0.5) is 0 Å². The van der Waals surface area contributed by atoms with Crippen molar-refractivity contribution in [2.24, 2.45) is 0 Å². The van der Waals surface area contributed by atoms with Gasteiger partial charge in [-0.05, 0) is 0 Å². The largest absolute Gasteiger partial charge is 0.0695 e. The quantitative estimate of drug-likeness (QED) is 0.414. The number of unbranched alkanes of at least 4 members (excludes halogenated alkanes) is 4. The molecule has 0 aromatic carbocycles. The Morgan fingerprint density at radius 2 is 1.36 bits per heavy atom. The van der Waals surface area contributed by atoms with Gasteiger partial charge >= 0.3 is 0 Å². The van der Waals surface area contributed by atoms with Crippen LogP contribution in [0.5, 0.6) is 0 Å². The van der Waals surface area contributed by atoms with Crippen molar-refractivity contribution in [2.75, 3.05) is 0 Å². The Morgan fingerprint density at radius 3 is 1.82 bits per heavy atom. The maximum Gasteiger partial charge on any atom is 0.0442 e. The van der Waals surface area contributed by atoms with E-state index in [4.69, 9.17) is 0 Å². The Kier molecular flexibility index (Phi) is 5.93. The van der Waals surface area contributed by atoms with Gasteiger partial charge in [-0.3, -0.25) is 0 Å². The van der Waals surface area contributed by atoms with Gasteiger partial charge in [-0.25, -0.2) is 0 Å². The molecule has 0 radical (unpaired) electrons. The fourth-order valence-electron chi connectivity index (χ4n) is 1.26. The average molecular weight is 172 g/mol. The SMILES string of the molecule is CCCCCCC[Si](C)(C)C. The molecule has 0 saturated heterocycles. The van der Waals surface area contributed by atoms with E-state index < -0.39 is 8.07 Å². The molecule has 0 aliphatic carbocycles. The van der Waals surface area contributed by atoms with Crippen LogP contribution >= 0.6 is 0 Å². The summed E-state index contributed by atoms with van der Waals surface area (Å²) in [5.74, 6) is 0. The van der Waals surface area contributed by atoms with Gasteiger partial charge in [0.2, 0.25) is 0 Å². The normalized spacial score (nSPS) is 12.0. The molecule has 0 N–H and O–H groups in total. The maximum absolute atomic E-state index is 2.47. The van der Waals surface area contributed by atoms with E-state index >= 15 is 0 Å². The van der Waals surface area contributed by atoms with Gasteiger partial charge < -0.3 is 0 Å². The molecule has 0 aromatic heterocycles. The molecule has 0 saturated carbocycles. The molecule has 0 aliphatic rings. The van der Waals surface area contributed by atoms with Gasteiger partial charge in [-0.1, -0.05) is 64.7 Å². The molecule has 11 heavy (non-hydrogen) atoms. The molecule has 0 nitrogen and oxygen atoms in total. The van der Waals surface area contributed by atoms with Crippen molar-refractivity contribution in [2.45, 2.75) is 64.7 Å². The zero-order valence-electron chi connectivity index (χ0n) is 8.74. The van der Waals surface area contributed by atoms with E-state index in [0.29, 0.717) is 0 Å². The van der Waals surface area contributed by atoms with E-state index in [1.54, 1.807) is 0 Å². The van der Waals surface area contributed by atoms with Crippen LogP contribution in [-0.4, -0.2) is 8.07 Å². The lowest BCUT2D eigenvalue weighted by Crippen LogP contribution is -2.18.